The Hall–Kier alpha value is -3.02. The van der Waals surface area contributed by atoms with Gasteiger partial charge in [-0.2, -0.15) is 0 Å². The molecule has 35 heavy (non-hydrogen) atoms. The molecule has 2 aliphatic rings. The number of nitrogens with one attached hydrogen (secondary N) is 2. The van der Waals surface area contributed by atoms with Crippen molar-refractivity contribution in [2.75, 3.05) is 0 Å². The highest BCUT2D eigenvalue weighted by Gasteiger charge is 2.32. The van der Waals surface area contributed by atoms with E-state index in [9.17, 15) is 4.79 Å². The van der Waals surface area contributed by atoms with Gasteiger partial charge in [0.2, 0.25) is 0 Å². The lowest BCUT2D eigenvalue weighted by Crippen LogP contribution is -2.48. The van der Waals surface area contributed by atoms with Gasteiger partial charge in [-0.25, -0.2) is 0 Å². The van der Waals surface area contributed by atoms with E-state index < -0.39 is 0 Å². The number of benzene rings is 2. The van der Waals surface area contributed by atoms with Crippen LogP contribution in [0.15, 0.2) is 43.0 Å². The summed E-state index contributed by atoms with van der Waals surface area (Å²) in [5, 5.41) is 11.4. The molecule has 0 spiro atoms. The highest BCUT2D eigenvalue weighted by molar-refractivity contribution is 6.60. The van der Waals surface area contributed by atoms with Crippen molar-refractivity contribution in [3.63, 3.8) is 0 Å². The summed E-state index contributed by atoms with van der Waals surface area (Å²) >= 11 is 0. The van der Waals surface area contributed by atoms with Crippen molar-refractivity contribution < 1.29 is 4.79 Å². The quantitative estimate of drug-likeness (QED) is 0.225. The normalized spacial score (nSPS) is 16.2. The Kier molecular flexibility index (Phi) is 8.82. The second-order valence-corrected chi connectivity index (χ2v) is 10.3. The Bertz CT molecular complexity index is 1090. The summed E-state index contributed by atoms with van der Waals surface area (Å²) in [6.45, 7) is 16.7. The average Bonchev–Trinajstić information content (AvgIpc) is 3.27. The zero-order valence-corrected chi connectivity index (χ0v) is 22.1. The Labute approximate surface area is 211 Å². The summed E-state index contributed by atoms with van der Waals surface area (Å²) in [5.41, 5.74) is 13.5. The molecular weight excluding hydrogens is 431 g/mol. The predicted octanol–water partition coefficient (Wildman–Crippen LogP) is 5.47. The van der Waals surface area contributed by atoms with Gasteiger partial charge in [-0.1, -0.05) is 77.3 Å². The first-order valence-corrected chi connectivity index (χ1v) is 12.9. The molecule has 2 aromatic rings. The Morgan fingerprint density at radius 3 is 2.49 bits per heavy atom. The zero-order chi connectivity index (χ0) is 25.7. The number of ketones is 1. The Balaban J connectivity index is 0.000000623. The third-order valence-corrected chi connectivity index (χ3v) is 7.45. The highest BCUT2D eigenvalue weighted by Crippen LogP contribution is 2.29. The van der Waals surface area contributed by atoms with E-state index in [1.165, 1.54) is 28.7 Å². The van der Waals surface area contributed by atoms with Crippen LogP contribution in [0, 0.1) is 11.3 Å². The molecule has 0 bridgehead atoms. The second kappa shape index (κ2) is 11.6. The van der Waals surface area contributed by atoms with Gasteiger partial charge in [0.1, 0.15) is 0 Å². The van der Waals surface area contributed by atoms with Crippen LogP contribution in [-0.4, -0.2) is 29.3 Å². The number of nitrogens with zero attached hydrogens (tertiary/aromatic N) is 1. The first-order valence-electron chi connectivity index (χ1n) is 12.9. The summed E-state index contributed by atoms with van der Waals surface area (Å²) in [6.07, 6.45) is 4.18. The maximum atomic E-state index is 12.1. The van der Waals surface area contributed by atoms with Crippen LogP contribution in [-0.2, 0) is 25.8 Å². The largest absolute Gasteiger partial charge is 0.389 e. The van der Waals surface area contributed by atoms with Gasteiger partial charge in [0.15, 0.2) is 18.5 Å². The highest BCUT2D eigenvalue weighted by atomic mass is 16.1. The fourth-order valence-corrected chi connectivity index (χ4v) is 4.86. The summed E-state index contributed by atoms with van der Waals surface area (Å²) in [5.74, 6) is 1.44. The van der Waals surface area contributed by atoms with E-state index in [4.69, 9.17) is 11.1 Å². The number of fused-ring (bicyclic) bond motifs is 2. The predicted molar refractivity (Wildman–Crippen MR) is 149 cm³/mol. The van der Waals surface area contributed by atoms with Gasteiger partial charge in [-0.15, -0.1) is 0 Å². The number of carbonyl (C=O) groups is 1. The van der Waals surface area contributed by atoms with Crippen LogP contribution < -0.4 is 11.1 Å². The molecule has 4 N–H and O–H groups in total. The minimum atomic E-state index is 0.112. The summed E-state index contributed by atoms with van der Waals surface area (Å²) in [6, 6.07) is 12.5. The van der Waals surface area contributed by atoms with Crippen LogP contribution in [0.3, 0.4) is 0 Å². The van der Waals surface area contributed by atoms with Crippen molar-refractivity contribution in [1.82, 2.24) is 10.2 Å². The van der Waals surface area contributed by atoms with Crippen molar-refractivity contribution in [2.24, 2.45) is 11.7 Å². The number of hydrogen-bond donors (Lipinski definition) is 3. The van der Waals surface area contributed by atoms with Crippen molar-refractivity contribution >= 4 is 24.2 Å². The number of nitrogens with two attached hydrogens (primary N) is 1. The summed E-state index contributed by atoms with van der Waals surface area (Å²) < 4.78 is 0. The van der Waals surface area contributed by atoms with Gasteiger partial charge in [0, 0.05) is 30.3 Å². The number of hydrogen-bond acceptors (Lipinski definition) is 3. The number of Topliss-reactive ketones (excluding diaryl/α,β-unsaturated/α-hetero) is 1. The molecule has 0 saturated carbocycles. The van der Waals surface area contributed by atoms with E-state index in [0.717, 1.165) is 41.8 Å². The molecule has 0 aliphatic carbocycles. The van der Waals surface area contributed by atoms with Gasteiger partial charge in [-0.3, -0.25) is 10.2 Å². The molecule has 6 heteroatoms. The topological polar surface area (TPSA) is 82.2 Å². The molecule has 2 heterocycles. The third-order valence-electron chi connectivity index (χ3n) is 7.45. The van der Waals surface area contributed by atoms with Gasteiger partial charge < -0.3 is 16.0 Å². The minimum Gasteiger partial charge on any atom is -0.389 e. The molecule has 0 aromatic heterocycles. The Morgan fingerprint density at radius 1 is 1.20 bits per heavy atom. The third kappa shape index (κ3) is 6.36. The minimum absolute atomic E-state index is 0.112. The number of carbonyl (C=O) groups excluding carboxylic acids is 1. The lowest BCUT2D eigenvalue weighted by molar-refractivity contribution is 0.101. The molecular formula is C29H41BN4O. The zero-order valence-electron chi connectivity index (χ0n) is 22.1. The van der Waals surface area contributed by atoms with E-state index >= 15 is 0 Å². The first-order chi connectivity index (χ1) is 16.6. The second-order valence-electron chi connectivity index (χ2n) is 10.3. The van der Waals surface area contributed by atoms with Crippen molar-refractivity contribution in [3.05, 3.63) is 76.4 Å². The molecule has 2 aliphatic heterocycles. The lowest BCUT2D eigenvalue weighted by atomic mass is 9.36. The molecule has 186 valence electrons. The fourth-order valence-electron chi connectivity index (χ4n) is 4.86. The van der Waals surface area contributed by atoms with E-state index in [1.807, 2.05) is 17.0 Å². The van der Waals surface area contributed by atoms with E-state index in [2.05, 4.69) is 63.9 Å². The summed E-state index contributed by atoms with van der Waals surface area (Å²) in [4.78, 5) is 13.9. The number of rotatable bonds is 6. The van der Waals surface area contributed by atoms with E-state index in [-0.39, 0.29) is 11.7 Å². The van der Waals surface area contributed by atoms with Crippen molar-refractivity contribution in [1.29, 1.82) is 5.41 Å². The van der Waals surface area contributed by atoms with Gasteiger partial charge in [0.25, 0.3) is 0 Å². The fraction of sp³-hybridized carbons (Fsp3) is 0.448. The lowest BCUT2D eigenvalue weighted by Gasteiger charge is -2.33. The standard InChI is InChI=1S/C24H29BN4O.C5H12/c1-4-25-12-22-18(6-5-7-21(22)16(3)30)11-23(25)28-15(2)17-8-9-19-13-29(24(26)27)14-20(19)10-17;1-4-5(2)3/h5-10,23,28H,2,4,11-14H2,1,3H3,(H3,26,27);5H,4H2,1-3H3. The molecule has 2 aromatic carbocycles. The summed E-state index contributed by atoms with van der Waals surface area (Å²) in [7, 11) is 0. The maximum Gasteiger partial charge on any atom is 0.188 e. The van der Waals surface area contributed by atoms with Gasteiger partial charge in [-0.05, 0) is 59.5 Å². The van der Waals surface area contributed by atoms with E-state index in [0.29, 0.717) is 25.7 Å². The van der Waals surface area contributed by atoms with Gasteiger partial charge in [0.05, 0.1) is 0 Å². The van der Waals surface area contributed by atoms with Crippen LogP contribution in [0.25, 0.3) is 5.70 Å². The molecule has 0 saturated heterocycles. The average molecular weight is 472 g/mol. The first kappa shape index (κ1) is 26.6. The van der Waals surface area contributed by atoms with E-state index in [1.54, 1.807) is 6.92 Å². The molecule has 0 amide bonds. The van der Waals surface area contributed by atoms with Crippen LogP contribution in [0.4, 0.5) is 0 Å². The van der Waals surface area contributed by atoms with Crippen LogP contribution in [0.5, 0.6) is 0 Å². The molecule has 4 rings (SSSR count). The van der Waals surface area contributed by atoms with Gasteiger partial charge >= 0.3 is 0 Å². The maximum absolute atomic E-state index is 12.1. The molecule has 5 nitrogen and oxygen atoms in total. The number of guanidine groups is 1. The van der Waals surface area contributed by atoms with Crippen LogP contribution >= 0.6 is 0 Å². The van der Waals surface area contributed by atoms with Crippen molar-refractivity contribution in [3.8, 4) is 0 Å². The Morgan fingerprint density at radius 2 is 1.89 bits per heavy atom. The van der Waals surface area contributed by atoms with Crippen molar-refractivity contribution in [2.45, 2.75) is 79.1 Å². The van der Waals surface area contributed by atoms with Crippen LogP contribution in [0.1, 0.15) is 79.2 Å². The molecule has 1 atom stereocenters. The molecule has 0 fully saturated rings. The SMILES string of the molecule is C=C(NC1Cc2cccc(C(C)=O)c2CB1CC)c1ccc2c(c1)CN(C(=N)N)C2.CCC(C)C. The molecule has 0 radical (unpaired) electrons. The molecule has 1 unspecified atom stereocenters. The smallest absolute Gasteiger partial charge is 0.188 e. The monoisotopic (exact) mass is 472 g/mol. The van der Waals surface area contributed by atoms with Crippen LogP contribution in [0.2, 0.25) is 6.32 Å².